The van der Waals surface area contributed by atoms with Crippen molar-refractivity contribution in [2.24, 2.45) is 0 Å². The molecule has 0 saturated carbocycles. The molecule has 0 aromatic carbocycles. The van der Waals surface area contributed by atoms with E-state index < -0.39 is 0 Å². The summed E-state index contributed by atoms with van der Waals surface area (Å²) in [6.45, 7) is 10.2. The monoisotopic (exact) mass is 293 g/mol. The highest BCUT2D eigenvalue weighted by molar-refractivity contribution is 5.78. The topological polar surface area (TPSA) is 55.5 Å². The normalized spacial score (nSPS) is 20.5. The van der Waals surface area contributed by atoms with E-state index in [1.165, 1.54) is 0 Å². The number of piperazine rings is 1. The summed E-state index contributed by atoms with van der Waals surface area (Å²) >= 11 is 0. The molecule has 1 N–H and O–H groups in total. The fraction of sp³-hybridized carbons (Fsp3) is 0.733. The standard InChI is InChI=1S/C15H27N5O/c1-5-19-8-9-20(14(21)11-18(4)12(2)3)10-13(19)15-16-6-7-17-15/h6-7,12-13H,5,8-11H2,1-4H3,(H,16,17). The zero-order chi connectivity index (χ0) is 15.4. The van der Waals surface area contributed by atoms with Crippen LogP contribution in [0.2, 0.25) is 0 Å². The van der Waals surface area contributed by atoms with Crippen LogP contribution in [0.25, 0.3) is 0 Å². The van der Waals surface area contributed by atoms with Crippen molar-refractivity contribution < 1.29 is 4.79 Å². The molecule has 1 aliphatic rings. The molecule has 0 spiro atoms. The van der Waals surface area contributed by atoms with Crippen LogP contribution in [0.1, 0.15) is 32.6 Å². The van der Waals surface area contributed by atoms with Crippen molar-refractivity contribution in [1.29, 1.82) is 0 Å². The number of aromatic nitrogens is 2. The van der Waals surface area contributed by atoms with Crippen LogP contribution >= 0.6 is 0 Å². The molecule has 1 saturated heterocycles. The van der Waals surface area contributed by atoms with Gasteiger partial charge in [-0.2, -0.15) is 0 Å². The second kappa shape index (κ2) is 7.04. The number of H-pyrrole nitrogens is 1. The van der Waals surface area contributed by atoms with E-state index in [0.29, 0.717) is 19.1 Å². The van der Waals surface area contributed by atoms with Gasteiger partial charge in [0.05, 0.1) is 12.6 Å². The largest absolute Gasteiger partial charge is 0.347 e. The number of rotatable bonds is 5. The molecule has 1 atom stereocenters. The summed E-state index contributed by atoms with van der Waals surface area (Å²) in [6, 6.07) is 0.554. The maximum atomic E-state index is 12.5. The summed E-state index contributed by atoms with van der Waals surface area (Å²) < 4.78 is 0. The molecule has 1 aromatic heterocycles. The number of imidazole rings is 1. The molecular formula is C15H27N5O. The van der Waals surface area contributed by atoms with E-state index in [4.69, 9.17) is 0 Å². The molecule has 0 aliphatic carbocycles. The summed E-state index contributed by atoms with van der Waals surface area (Å²) in [5, 5.41) is 0. The molecule has 2 heterocycles. The van der Waals surface area contributed by atoms with E-state index >= 15 is 0 Å². The average Bonchev–Trinajstić information content (AvgIpc) is 3.00. The molecule has 1 fully saturated rings. The van der Waals surface area contributed by atoms with Crippen molar-refractivity contribution >= 4 is 5.91 Å². The maximum Gasteiger partial charge on any atom is 0.236 e. The zero-order valence-electron chi connectivity index (χ0n) is 13.5. The molecule has 21 heavy (non-hydrogen) atoms. The van der Waals surface area contributed by atoms with Crippen molar-refractivity contribution in [1.82, 2.24) is 24.7 Å². The van der Waals surface area contributed by atoms with Gasteiger partial charge in [-0.1, -0.05) is 6.92 Å². The van der Waals surface area contributed by atoms with E-state index in [9.17, 15) is 4.79 Å². The van der Waals surface area contributed by atoms with Gasteiger partial charge in [-0.15, -0.1) is 0 Å². The second-order valence-electron chi connectivity index (χ2n) is 5.97. The number of carbonyl (C=O) groups is 1. The highest BCUT2D eigenvalue weighted by Crippen LogP contribution is 2.22. The van der Waals surface area contributed by atoms with E-state index in [2.05, 4.69) is 40.5 Å². The molecule has 0 radical (unpaired) electrons. The summed E-state index contributed by atoms with van der Waals surface area (Å²) in [5.41, 5.74) is 0. The summed E-state index contributed by atoms with van der Waals surface area (Å²) in [4.78, 5) is 26.4. The van der Waals surface area contributed by atoms with Crippen LogP contribution in [0.3, 0.4) is 0 Å². The Kier molecular flexibility index (Phi) is 5.36. The highest BCUT2D eigenvalue weighted by Gasteiger charge is 2.31. The van der Waals surface area contributed by atoms with Gasteiger partial charge < -0.3 is 9.88 Å². The molecule has 1 unspecified atom stereocenters. The van der Waals surface area contributed by atoms with Gasteiger partial charge in [0.2, 0.25) is 5.91 Å². The number of aromatic amines is 1. The minimum Gasteiger partial charge on any atom is -0.347 e. The highest BCUT2D eigenvalue weighted by atomic mass is 16.2. The minimum absolute atomic E-state index is 0.173. The molecule has 6 nitrogen and oxygen atoms in total. The Morgan fingerprint density at radius 3 is 2.86 bits per heavy atom. The first-order valence-corrected chi connectivity index (χ1v) is 7.74. The Bertz CT molecular complexity index is 445. The van der Waals surface area contributed by atoms with Crippen molar-refractivity contribution in [2.75, 3.05) is 39.8 Å². The van der Waals surface area contributed by atoms with Gasteiger partial charge in [-0.25, -0.2) is 4.98 Å². The van der Waals surface area contributed by atoms with Gasteiger partial charge in [-0.3, -0.25) is 14.6 Å². The van der Waals surface area contributed by atoms with E-state index in [1.54, 1.807) is 6.20 Å². The summed E-state index contributed by atoms with van der Waals surface area (Å²) in [5.74, 6) is 1.16. The van der Waals surface area contributed by atoms with Gasteiger partial charge in [0.15, 0.2) is 0 Å². The van der Waals surface area contributed by atoms with E-state index in [1.807, 2.05) is 18.1 Å². The number of nitrogens with one attached hydrogen (secondary N) is 1. The predicted octanol–water partition coefficient (Wildman–Crippen LogP) is 0.955. The lowest BCUT2D eigenvalue weighted by molar-refractivity contribution is -0.135. The molecule has 6 heteroatoms. The zero-order valence-corrected chi connectivity index (χ0v) is 13.5. The SMILES string of the molecule is CCN1CCN(C(=O)CN(C)C(C)C)CC1c1ncc[nH]1. The molecular weight excluding hydrogens is 266 g/mol. The number of carbonyl (C=O) groups excluding carboxylic acids is 1. The number of hydrogen-bond donors (Lipinski definition) is 1. The third-order valence-corrected chi connectivity index (χ3v) is 4.35. The van der Waals surface area contributed by atoms with E-state index in [0.717, 1.165) is 25.5 Å². The van der Waals surface area contributed by atoms with E-state index in [-0.39, 0.29) is 11.9 Å². The molecule has 118 valence electrons. The first-order chi connectivity index (χ1) is 10.0. The lowest BCUT2D eigenvalue weighted by Gasteiger charge is -2.40. The van der Waals surface area contributed by atoms with Gasteiger partial charge in [0.25, 0.3) is 0 Å². The Morgan fingerprint density at radius 2 is 2.29 bits per heavy atom. The molecule has 2 rings (SSSR count). The van der Waals surface area contributed by atoms with Gasteiger partial charge in [-0.05, 0) is 27.4 Å². The summed E-state index contributed by atoms with van der Waals surface area (Å²) in [7, 11) is 1.99. The Morgan fingerprint density at radius 1 is 1.52 bits per heavy atom. The third kappa shape index (κ3) is 3.83. The van der Waals surface area contributed by atoms with Crippen LogP contribution in [0.15, 0.2) is 12.4 Å². The van der Waals surface area contributed by atoms with Crippen LogP contribution in [0, 0.1) is 0 Å². The number of hydrogen-bond acceptors (Lipinski definition) is 4. The van der Waals surface area contributed by atoms with Crippen molar-refractivity contribution in [2.45, 2.75) is 32.9 Å². The second-order valence-corrected chi connectivity index (χ2v) is 5.97. The van der Waals surface area contributed by atoms with Crippen molar-refractivity contribution in [3.63, 3.8) is 0 Å². The number of likely N-dealkylation sites (N-methyl/N-ethyl adjacent to an activating group) is 2. The molecule has 1 aromatic rings. The van der Waals surface area contributed by atoms with Gasteiger partial charge in [0.1, 0.15) is 5.82 Å². The Balaban J connectivity index is 2.02. The third-order valence-electron chi connectivity index (χ3n) is 4.35. The Labute approximate surface area is 127 Å². The van der Waals surface area contributed by atoms with Crippen LogP contribution in [0.4, 0.5) is 0 Å². The average molecular weight is 293 g/mol. The van der Waals surface area contributed by atoms with Crippen LogP contribution in [-0.4, -0.2) is 76.4 Å². The van der Waals surface area contributed by atoms with Crippen molar-refractivity contribution in [3.8, 4) is 0 Å². The number of amides is 1. The van der Waals surface area contributed by atoms with Gasteiger partial charge >= 0.3 is 0 Å². The number of nitrogens with zero attached hydrogens (tertiary/aromatic N) is 4. The lowest BCUT2D eigenvalue weighted by atomic mass is 10.1. The maximum absolute atomic E-state index is 12.5. The first-order valence-electron chi connectivity index (χ1n) is 7.74. The quantitative estimate of drug-likeness (QED) is 0.878. The summed E-state index contributed by atoms with van der Waals surface area (Å²) in [6.07, 6.45) is 3.62. The Hall–Kier alpha value is -1.40. The first kappa shape index (κ1) is 16.0. The predicted molar refractivity (Wildman–Crippen MR) is 82.9 cm³/mol. The molecule has 1 amide bonds. The fourth-order valence-electron chi connectivity index (χ4n) is 2.64. The van der Waals surface area contributed by atoms with Crippen LogP contribution < -0.4 is 0 Å². The van der Waals surface area contributed by atoms with Gasteiger partial charge in [0, 0.05) is 38.1 Å². The lowest BCUT2D eigenvalue weighted by Crippen LogP contribution is -2.52. The smallest absolute Gasteiger partial charge is 0.236 e. The van der Waals surface area contributed by atoms with Crippen molar-refractivity contribution in [3.05, 3.63) is 18.2 Å². The fourth-order valence-corrected chi connectivity index (χ4v) is 2.64. The minimum atomic E-state index is 0.173. The molecule has 1 aliphatic heterocycles. The van der Waals surface area contributed by atoms with Crippen LogP contribution in [-0.2, 0) is 4.79 Å². The van der Waals surface area contributed by atoms with Crippen LogP contribution in [0.5, 0.6) is 0 Å². The molecule has 0 bridgehead atoms.